The second-order valence-corrected chi connectivity index (χ2v) is 3.45. The minimum atomic E-state index is -0.436. The van der Waals surface area contributed by atoms with E-state index in [2.05, 4.69) is 5.32 Å². The fourth-order valence-corrected chi connectivity index (χ4v) is 1.46. The van der Waals surface area contributed by atoms with Crippen LogP contribution in [0.4, 0.5) is 4.79 Å². The van der Waals surface area contributed by atoms with Crippen LogP contribution in [0.1, 0.15) is 12.5 Å². The smallest absolute Gasteiger partial charge is 0.407 e. The number of methoxy groups -OCH3 is 1. The SMILES string of the molecule is CCOC(=O)NCc1ccc(OC)c(Cl)c1. The Bertz CT molecular complexity index is 368. The maximum Gasteiger partial charge on any atom is 0.407 e. The van der Waals surface area contributed by atoms with Crippen LogP contribution in [-0.2, 0) is 11.3 Å². The molecule has 0 aliphatic carbocycles. The largest absolute Gasteiger partial charge is 0.495 e. The van der Waals surface area contributed by atoms with E-state index in [-0.39, 0.29) is 0 Å². The molecule has 1 N–H and O–H groups in total. The summed E-state index contributed by atoms with van der Waals surface area (Å²) < 4.78 is 9.75. The number of rotatable bonds is 4. The molecule has 1 amide bonds. The molecule has 1 aromatic rings. The van der Waals surface area contributed by atoms with Crippen molar-refractivity contribution in [2.24, 2.45) is 0 Å². The first-order valence-electron chi connectivity index (χ1n) is 4.90. The van der Waals surface area contributed by atoms with E-state index in [1.807, 2.05) is 6.07 Å². The zero-order chi connectivity index (χ0) is 12.0. The maximum atomic E-state index is 11.0. The molecule has 4 nitrogen and oxygen atoms in total. The van der Waals surface area contributed by atoms with Gasteiger partial charge in [0.2, 0.25) is 0 Å². The molecule has 88 valence electrons. The van der Waals surface area contributed by atoms with Crippen LogP contribution in [0.3, 0.4) is 0 Å². The predicted octanol–water partition coefficient (Wildman–Crippen LogP) is 2.59. The number of carbonyl (C=O) groups is 1. The lowest BCUT2D eigenvalue weighted by Gasteiger charge is -2.07. The van der Waals surface area contributed by atoms with Crippen LogP contribution in [0.25, 0.3) is 0 Å². The van der Waals surface area contributed by atoms with E-state index in [4.69, 9.17) is 21.1 Å². The highest BCUT2D eigenvalue weighted by atomic mass is 35.5. The third-order valence-corrected chi connectivity index (χ3v) is 2.22. The highest BCUT2D eigenvalue weighted by Crippen LogP contribution is 2.24. The number of benzene rings is 1. The van der Waals surface area contributed by atoms with Gasteiger partial charge in [-0.2, -0.15) is 0 Å². The zero-order valence-electron chi connectivity index (χ0n) is 9.25. The van der Waals surface area contributed by atoms with Gasteiger partial charge >= 0.3 is 6.09 Å². The molecule has 0 bridgehead atoms. The first kappa shape index (κ1) is 12.6. The summed E-state index contributed by atoms with van der Waals surface area (Å²) in [5.74, 6) is 0.613. The van der Waals surface area contributed by atoms with Gasteiger partial charge in [0, 0.05) is 6.54 Å². The standard InChI is InChI=1S/C11H14ClNO3/c1-3-16-11(14)13-7-8-4-5-10(15-2)9(12)6-8/h4-6H,3,7H2,1-2H3,(H,13,14). The van der Waals surface area contributed by atoms with Gasteiger partial charge in [-0.3, -0.25) is 0 Å². The molecule has 1 rings (SSSR count). The van der Waals surface area contributed by atoms with Gasteiger partial charge in [0.05, 0.1) is 18.7 Å². The van der Waals surface area contributed by atoms with Crippen LogP contribution in [-0.4, -0.2) is 19.8 Å². The summed E-state index contributed by atoms with van der Waals surface area (Å²) in [5.41, 5.74) is 0.888. The Balaban J connectivity index is 2.55. The number of amides is 1. The lowest BCUT2D eigenvalue weighted by atomic mass is 10.2. The first-order chi connectivity index (χ1) is 7.67. The number of alkyl carbamates (subject to hydrolysis) is 1. The Kier molecular flexibility index (Phi) is 4.92. The second kappa shape index (κ2) is 6.23. The molecule has 0 aliphatic rings. The molecular formula is C11H14ClNO3. The van der Waals surface area contributed by atoms with Crippen molar-refractivity contribution in [3.8, 4) is 5.75 Å². The molecule has 0 radical (unpaired) electrons. The van der Waals surface area contributed by atoms with Gasteiger partial charge in [-0.15, -0.1) is 0 Å². The van der Waals surface area contributed by atoms with Gasteiger partial charge < -0.3 is 14.8 Å². The molecule has 0 saturated heterocycles. The lowest BCUT2D eigenvalue weighted by Crippen LogP contribution is -2.23. The fourth-order valence-electron chi connectivity index (χ4n) is 1.18. The van der Waals surface area contributed by atoms with Crippen LogP contribution in [0.2, 0.25) is 5.02 Å². The number of hydrogen-bond acceptors (Lipinski definition) is 3. The highest BCUT2D eigenvalue weighted by molar-refractivity contribution is 6.32. The number of hydrogen-bond donors (Lipinski definition) is 1. The van der Waals surface area contributed by atoms with Gasteiger partial charge in [0.25, 0.3) is 0 Å². The minimum absolute atomic E-state index is 0.356. The van der Waals surface area contributed by atoms with Crippen molar-refractivity contribution in [3.05, 3.63) is 28.8 Å². The van der Waals surface area contributed by atoms with Gasteiger partial charge in [-0.1, -0.05) is 17.7 Å². The number of nitrogens with one attached hydrogen (secondary N) is 1. The topological polar surface area (TPSA) is 47.6 Å². The number of carbonyl (C=O) groups excluding carboxylic acids is 1. The molecule has 0 heterocycles. The molecule has 16 heavy (non-hydrogen) atoms. The molecule has 1 aromatic carbocycles. The third-order valence-electron chi connectivity index (χ3n) is 1.93. The van der Waals surface area contributed by atoms with Crippen molar-refractivity contribution in [1.82, 2.24) is 5.32 Å². The maximum absolute atomic E-state index is 11.0. The van der Waals surface area contributed by atoms with Crippen molar-refractivity contribution in [2.45, 2.75) is 13.5 Å². The predicted molar refractivity (Wildman–Crippen MR) is 61.9 cm³/mol. The molecule has 0 saturated carbocycles. The summed E-state index contributed by atoms with van der Waals surface area (Å²) in [6, 6.07) is 5.33. The van der Waals surface area contributed by atoms with E-state index in [1.54, 1.807) is 26.2 Å². The molecule has 5 heteroatoms. The molecule has 0 aliphatic heterocycles. The third kappa shape index (κ3) is 3.62. The molecule has 0 unspecified atom stereocenters. The van der Waals surface area contributed by atoms with E-state index < -0.39 is 6.09 Å². The quantitative estimate of drug-likeness (QED) is 0.884. The van der Waals surface area contributed by atoms with E-state index in [9.17, 15) is 4.79 Å². The van der Waals surface area contributed by atoms with Crippen LogP contribution < -0.4 is 10.1 Å². The fraction of sp³-hybridized carbons (Fsp3) is 0.364. The highest BCUT2D eigenvalue weighted by Gasteiger charge is 2.04. The monoisotopic (exact) mass is 243 g/mol. The van der Waals surface area contributed by atoms with Gasteiger partial charge in [0.15, 0.2) is 0 Å². The van der Waals surface area contributed by atoms with Crippen molar-refractivity contribution < 1.29 is 14.3 Å². The summed E-state index contributed by atoms with van der Waals surface area (Å²) >= 11 is 5.94. The van der Waals surface area contributed by atoms with E-state index in [0.29, 0.717) is 23.9 Å². The second-order valence-electron chi connectivity index (χ2n) is 3.04. The summed E-state index contributed by atoms with van der Waals surface area (Å²) in [7, 11) is 1.55. The average Bonchev–Trinajstić information content (AvgIpc) is 2.27. The summed E-state index contributed by atoms with van der Waals surface area (Å²) in [5, 5.41) is 3.12. The Morgan fingerprint density at radius 2 is 2.25 bits per heavy atom. The molecule has 0 aromatic heterocycles. The van der Waals surface area contributed by atoms with Crippen molar-refractivity contribution in [3.63, 3.8) is 0 Å². The summed E-state index contributed by atoms with van der Waals surface area (Å²) in [6.07, 6.45) is -0.436. The molecule has 0 fully saturated rings. The van der Waals surface area contributed by atoms with E-state index in [1.165, 1.54) is 0 Å². The summed E-state index contributed by atoms with van der Waals surface area (Å²) in [4.78, 5) is 11.0. The van der Waals surface area contributed by atoms with Crippen molar-refractivity contribution in [2.75, 3.05) is 13.7 Å². The normalized spacial score (nSPS) is 9.69. The van der Waals surface area contributed by atoms with Crippen LogP contribution in [0.5, 0.6) is 5.75 Å². The molecule has 0 atom stereocenters. The number of ether oxygens (including phenoxy) is 2. The van der Waals surface area contributed by atoms with Gasteiger partial charge in [0.1, 0.15) is 5.75 Å². The minimum Gasteiger partial charge on any atom is -0.495 e. The Labute approximate surface area is 99.5 Å². The van der Waals surface area contributed by atoms with E-state index >= 15 is 0 Å². The Hall–Kier alpha value is -1.42. The van der Waals surface area contributed by atoms with Crippen LogP contribution in [0.15, 0.2) is 18.2 Å². The Morgan fingerprint density at radius 1 is 1.50 bits per heavy atom. The van der Waals surface area contributed by atoms with Crippen molar-refractivity contribution in [1.29, 1.82) is 0 Å². The molecule has 0 spiro atoms. The van der Waals surface area contributed by atoms with Crippen LogP contribution in [0, 0.1) is 0 Å². The van der Waals surface area contributed by atoms with E-state index in [0.717, 1.165) is 5.56 Å². The van der Waals surface area contributed by atoms with Crippen molar-refractivity contribution >= 4 is 17.7 Å². The first-order valence-corrected chi connectivity index (χ1v) is 5.28. The van der Waals surface area contributed by atoms with Gasteiger partial charge in [-0.25, -0.2) is 4.79 Å². The lowest BCUT2D eigenvalue weighted by molar-refractivity contribution is 0.151. The zero-order valence-corrected chi connectivity index (χ0v) is 10.0. The molecular weight excluding hydrogens is 230 g/mol. The Morgan fingerprint density at radius 3 is 2.81 bits per heavy atom. The van der Waals surface area contributed by atoms with Crippen LogP contribution >= 0.6 is 11.6 Å². The summed E-state index contributed by atoms with van der Waals surface area (Å²) in [6.45, 7) is 2.49. The van der Waals surface area contributed by atoms with Gasteiger partial charge in [-0.05, 0) is 24.6 Å². The average molecular weight is 244 g/mol. The number of halogens is 1.